The molecule has 2 nitrogen and oxygen atoms in total. The van der Waals surface area contributed by atoms with Crippen LogP contribution in [0.25, 0.3) is 0 Å². The summed E-state index contributed by atoms with van der Waals surface area (Å²) < 4.78 is 0. The van der Waals surface area contributed by atoms with Crippen LogP contribution in [0.5, 0.6) is 0 Å². The first kappa shape index (κ1) is 17.5. The zero-order chi connectivity index (χ0) is 16.7. The van der Waals surface area contributed by atoms with E-state index < -0.39 is 0 Å². The molecular formula is C20H32O2. The van der Waals surface area contributed by atoms with E-state index in [1.807, 2.05) is 6.92 Å². The SMILES string of the molecule is C=C1C[C@@H](C)C2C(C)(C)[C@@H](O)CC[C@]2(C)[C@H]1C/C=C(\C)C=O. The minimum atomic E-state index is -0.215. The van der Waals surface area contributed by atoms with Gasteiger partial charge in [0, 0.05) is 0 Å². The fraction of sp³-hybridized carbons (Fsp3) is 0.750. The van der Waals surface area contributed by atoms with Gasteiger partial charge in [-0.2, -0.15) is 0 Å². The third-order valence-corrected chi connectivity index (χ3v) is 6.63. The summed E-state index contributed by atoms with van der Waals surface area (Å²) in [5.41, 5.74) is 2.24. The van der Waals surface area contributed by atoms with Crippen LogP contribution in [0.4, 0.5) is 0 Å². The van der Waals surface area contributed by atoms with Crippen molar-refractivity contribution in [3.63, 3.8) is 0 Å². The molecule has 0 heterocycles. The molecule has 0 aromatic heterocycles. The Balaban J connectivity index is 2.39. The molecule has 0 radical (unpaired) electrons. The first-order valence-electron chi connectivity index (χ1n) is 8.62. The summed E-state index contributed by atoms with van der Waals surface area (Å²) in [6.45, 7) is 15.4. The summed E-state index contributed by atoms with van der Waals surface area (Å²) in [7, 11) is 0. The maximum Gasteiger partial charge on any atom is 0.145 e. The molecule has 2 aliphatic rings. The zero-order valence-electron chi connectivity index (χ0n) is 14.9. The van der Waals surface area contributed by atoms with Gasteiger partial charge in [-0.1, -0.05) is 45.9 Å². The number of rotatable bonds is 3. The molecule has 0 bridgehead atoms. The van der Waals surface area contributed by atoms with Crippen LogP contribution in [0, 0.1) is 28.6 Å². The molecule has 2 heteroatoms. The van der Waals surface area contributed by atoms with Gasteiger partial charge in [0.15, 0.2) is 0 Å². The highest BCUT2D eigenvalue weighted by Crippen LogP contribution is 2.63. The van der Waals surface area contributed by atoms with Crippen LogP contribution < -0.4 is 0 Å². The van der Waals surface area contributed by atoms with Crippen molar-refractivity contribution in [3.05, 3.63) is 23.8 Å². The highest BCUT2D eigenvalue weighted by atomic mass is 16.3. The number of aldehydes is 1. The second-order valence-corrected chi connectivity index (χ2v) is 8.55. The lowest BCUT2D eigenvalue weighted by Crippen LogP contribution is -2.57. The van der Waals surface area contributed by atoms with Crippen molar-refractivity contribution < 1.29 is 9.90 Å². The first-order chi connectivity index (χ1) is 10.1. The van der Waals surface area contributed by atoms with Crippen LogP contribution in [0.1, 0.15) is 60.3 Å². The second-order valence-electron chi connectivity index (χ2n) is 8.55. The number of fused-ring (bicyclic) bond motifs is 1. The van der Waals surface area contributed by atoms with Crippen LogP contribution in [0.15, 0.2) is 23.8 Å². The van der Waals surface area contributed by atoms with Gasteiger partial charge >= 0.3 is 0 Å². The van der Waals surface area contributed by atoms with Gasteiger partial charge < -0.3 is 5.11 Å². The topological polar surface area (TPSA) is 37.3 Å². The van der Waals surface area contributed by atoms with Gasteiger partial charge in [-0.25, -0.2) is 0 Å². The monoisotopic (exact) mass is 304 g/mol. The summed E-state index contributed by atoms with van der Waals surface area (Å²) in [4.78, 5) is 10.9. The fourth-order valence-corrected chi connectivity index (χ4v) is 5.73. The lowest BCUT2D eigenvalue weighted by molar-refractivity contribution is -0.143. The van der Waals surface area contributed by atoms with E-state index in [9.17, 15) is 9.90 Å². The molecule has 2 saturated carbocycles. The summed E-state index contributed by atoms with van der Waals surface area (Å²) >= 11 is 0. The van der Waals surface area contributed by atoms with Crippen molar-refractivity contribution >= 4 is 6.29 Å². The second kappa shape index (κ2) is 5.96. The van der Waals surface area contributed by atoms with E-state index in [1.165, 1.54) is 5.57 Å². The number of aliphatic hydroxyl groups excluding tert-OH is 1. The van der Waals surface area contributed by atoms with E-state index in [0.29, 0.717) is 17.8 Å². The third-order valence-electron chi connectivity index (χ3n) is 6.63. The third kappa shape index (κ3) is 2.71. The average molecular weight is 304 g/mol. The smallest absolute Gasteiger partial charge is 0.145 e. The largest absolute Gasteiger partial charge is 0.393 e. The lowest BCUT2D eigenvalue weighted by atomic mass is 9.44. The van der Waals surface area contributed by atoms with Crippen LogP contribution in [0.3, 0.4) is 0 Å². The fourth-order valence-electron chi connectivity index (χ4n) is 5.73. The van der Waals surface area contributed by atoms with Crippen LogP contribution >= 0.6 is 0 Å². The number of hydrogen-bond donors (Lipinski definition) is 1. The number of hydrogen-bond acceptors (Lipinski definition) is 2. The number of aliphatic hydroxyl groups is 1. The maximum atomic E-state index is 10.9. The Morgan fingerprint density at radius 2 is 2.05 bits per heavy atom. The molecule has 124 valence electrons. The molecule has 2 fully saturated rings. The van der Waals surface area contributed by atoms with Gasteiger partial charge in [-0.05, 0) is 66.8 Å². The Morgan fingerprint density at radius 1 is 1.41 bits per heavy atom. The lowest BCUT2D eigenvalue weighted by Gasteiger charge is -2.61. The van der Waals surface area contributed by atoms with E-state index in [4.69, 9.17) is 0 Å². The van der Waals surface area contributed by atoms with E-state index in [2.05, 4.69) is 40.3 Å². The number of carbonyl (C=O) groups is 1. The Labute approximate surface area is 135 Å². The predicted octanol–water partition coefficient (Wildman–Crippen LogP) is 4.54. The van der Waals surface area contributed by atoms with Crippen molar-refractivity contribution in [2.24, 2.45) is 28.6 Å². The molecule has 0 aliphatic heterocycles. The molecule has 0 aromatic rings. The quantitative estimate of drug-likeness (QED) is 0.472. The van der Waals surface area contributed by atoms with Crippen molar-refractivity contribution in [3.8, 4) is 0 Å². The average Bonchev–Trinajstić information content (AvgIpc) is 2.42. The standard InChI is InChI=1S/C20H32O2/c1-13(12-21)7-8-16-14(2)11-15(3)18-19(4,5)17(22)9-10-20(16,18)6/h7,12,15-18,22H,2,8-11H2,1,3-6H3/b13-7+/t15-,16+,17+,18?,20-/m1/s1. The molecule has 0 aromatic carbocycles. The summed E-state index contributed by atoms with van der Waals surface area (Å²) in [6, 6.07) is 0. The molecule has 5 atom stereocenters. The van der Waals surface area contributed by atoms with Gasteiger partial charge in [0.2, 0.25) is 0 Å². The normalized spacial score (nSPS) is 41.9. The molecule has 0 saturated heterocycles. The summed E-state index contributed by atoms with van der Waals surface area (Å²) in [5.74, 6) is 1.45. The van der Waals surface area contributed by atoms with Gasteiger partial charge in [0.1, 0.15) is 6.29 Å². The summed E-state index contributed by atoms with van der Waals surface area (Å²) in [6.07, 6.45) is 6.63. The van der Waals surface area contributed by atoms with Crippen molar-refractivity contribution in [1.29, 1.82) is 0 Å². The minimum Gasteiger partial charge on any atom is -0.393 e. The molecular weight excluding hydrogens is 272 g/mol. The van der Waals surface area contributed by atoms with Crippen molar-refractivity contribution in [2.45, 2.75) is 66.4 Å². The molecule has 0 amide bonds. The molecule has 1 N–H and O–H groups in total. The molecule has 22 heavy (non-hydrogen) atoms. The highest BCUT2D eigenvalue weighted by molar-refractivity contribution is 5.71. The predicted molar refractivity (Wildman–Crippen MR) is 91.5 cm³/mol. The van der Waals surface area contributed by atoms with E-state index in [-0.39, 0.29) is 16.9 Å². The van der Waals surface area contributed by atoms with E-state index >= 15 is 0 Å². The molecule has 2 aliphatic carbocycles. The summed E-state index contributed by atoms with van der Waals surface area (Å²) in [5, 5.41) is 10.5. The van der Waals surface area contributed by atoms with Crippen LogP contribution in [0.2, 0.25) is 0 Å². The Kier molecular flexibility index (Phi) is 4.73. The van der Waals surface area contributed by atoms with Crippen LogP contribution in [-0.4, -0.2) is 17.5 Å². The first-order valence-corrected chi connectivity index (χ1v) is 8.62. The number of carbonyl (C=O) groups excluding carboxylic acids is 1. The Bertz CT molecular complexity index is 488. The zero-order valence-corrected chi connectivity index (χ0v) is 14.9. The van der Waals surface area contributed by atoms with Gasteiger partial charge in [-0.15, -0.1) is 0 Å². The minimum absolute atomic E-state index is 0.0607. The van der Waals surface area contributed by atoms with Gasteiger partial charge in [0.05, 0.1) is 6.10 Å². The van der Waals surface area contributed by atoms with Crippen molar-refractivity contribution in [2.75, 3.05) is 0 Å². The Morgan fingerprint density at radius 3 is 2.64 bits per heavy atom. The van der Waals surface area contributed by atoms with Gasteiger partial charge in [-0.3, -0.25) is 4.79 Å². The molecule has 0 spiro atoms. The highest BCUT2D eigenvalue weighted by Gasteiger charge is 2.57. The van der Waals surface area contributed by atoms with E-state index in [1.54, 1.807) is 0 Å². The molecule has 2 rings (SSSR count). The maximum absolute atomic E-state index is 10.9. The van der Waals surface area contributed by atoms with Gasteiger partial charge in [0.25, 0.3) is 0 Å². The van der Waals surface area contributed by atoms with Crippen LogP contribution in [-0.2, 0) is 4.79 Å². The van der Waals surface area contributed by atoms with Crippen molar-refractivity contribution in [1.82, 2.24) is 0 Å². The molecule has 1 unspecified atom stereocenters. The number of allylic oxidation sites excluding steroid dienone is 3. The Hall–Kier alpha value is -0.890. The van der Waals surface area contributed by atoms with E-state index in [0.717, 1.165) is 37.5 Å².